The molecule has 0 saturated carbocycles. The second-order valence-corrected chi connectivity index (χ2v) is 2.36. The van der Waals surface area contributed by atoms with Crippen molar-refractivity contribution >= 4 is 14.2 Å². The normalized spacial score (nSPS) is 21.8. The lowest BCUT2D eigenvalue weighted by molar-refractivity contribution is 0.391. The fourth-order valence-electron chi connectivity index (χ4n) is 1.04. The van der Waals surface area contributed by atoms with Crippen LogP contribution in [0.25, 0.3) is 0 Å². The Balaban J connectivity index is 2.69. The van der Waals surface area contributed by atoms with E-state index in [-0.39, 0.29) is 5.47 Å². The molecule has 0 fully saturated rings. The van der Waals surface area contributed by atoms with E-state index in [1.807, 2.05) is 0 Å². The Bertz CT molecular complexity index is 199. The molecule has 0 amide bonds. The number of allylic oxidation sites excluding steroid dienone is 4. The largest absolute Gasteiger partial charge is 0.484 e. The third-order valence-corrected chi connectivity index (χ3v) is 1.61. The lowest BCUT2D eigenvalue weighted by Gasteiger charge is -2.10. The molecule has 0 heterocycles. The van der Waals surface area contributed by atoms with Crippen LogP contribution >= 0.6 is 0 Å². The van der Waals surface area contributed by atoms with Gasteiger partial charge in [-0.2, -0.15) is 0 Å². The molecular formula is C5H8B2O4. The molecule has 1 atom stereocenters. The Labute approximate surface area is 64.8 Å². The lowest BCUT2D eigenvalue weighted by Crippen LogP contribution is -2.27. The second kappa shape index (κ2) is 3.23. The quantitative estimate of drug-likeness (QED) is 0.358. The van der Waals surface area contributed by atoms with Gasteiger partial charge in [-0.3, -0.25) is 0 Å². The summed E-state index contributed by atoms with van der Waals surface area (Å²) < 4.78 is 0. The molecule has 58 valence electrons. The van der Waals surface area contributed by atoms with Crippen LogP contribution in [0.15, 0.2) is 23.7 Å². The highest BCUT2D eigenvalue weighted by Crippen LogP contribution is 2.26. The Morgan fingerprint density at radius 2 is 1.82 bits per heavy atom. The molecule has 0 saturated heterocycles. The van der Waals surface area contributed by atoms with Gasteiger partial charge in [-0.1, -0.05) is 18.2 Å². The van der Waals surface area contributed by atoms with Gasteiger partial charge in [0, 0.05) is 5.82 Å². The van der Waals surface area contributed by atoms with Crippen molar-refractivity contribution in [2.75, 3.05) is 0 Å². The van der Waals surface area contributed by atoms with Crippen LogP contribution in [0.3, 0.4) is 0 Å². The SMILES string of the molecule is OB(O)C1=CC=CC1B(O)O. The first kappa shape index (κ1) is 8.55. The molecule has 0 aromatic heterocycles. The molecule has 0 spiro atoms. The molecule has 6 heteroatoms. The van der Waals surface area contributed by atoms with Crippen molar-refractivity contribution in [2.24, 2.45) is 0 Å². The molecule has 0 aromatic rings. The summed E-state index contributed by atoms with van der Waals surface area (Å²) in [5, 5.41) is 34.8. The number of hydrogen-bond donors (Lipinski definition) is 4. The minimum Gasteiger partial charge on any atom is -0.426 e. The number of rotatable bonds is 2. The molecule has 11 heavy (non-hydrogen) atoms. The van der Waals surface area contributed by atoms with Gasteiger partial charge >= 0.3 is 14.2 Å². The zero-order valence-electron chi connectivity index (χ0n) is 5.75. The summed E-state index contributed by atoms with van der Waals surface area (Å²) in [6, 6.07) is 0. The maximum atomic E-state index is 8.71. The van der Waals surface area contributed by atoms with Crippen LogP contribution in [0, 0.1) is 0 Å². The average molecular weight is 154 g/mol. The fourth-order valence-corrected chi connectivity index (χ4v) is 1.04. The van der Waals surface area contributed by atoms with Crippen molar-refractivity contribution in [3.63, 3.8) is 0 Å². The fraction of sp³-hybridized carbons (Fsp3) is 0.200. The van der Waals surface area contributed by atoms with Crippen LogP contribution < -0.4 is 0 Å². The highest BCUT2D eigenvalue weighted by molar-refractivity contribution is 6.57. The molecule has 4 nitrogen and oxygen atoms in total. The first-order chi connectivity index (χ1) is 5.13. The van der Waals surface area contributed by atoms with Crippen molar-refractivity contribution < 1.29 is 20.1 Å². The van der Waals surface area contributed by atoms with Gasteiger partial charge in [0.1, 0.15) is 0 Å². The first-order valence-corrected chi connectivity index (χ1v) is 3.23. The van der Waals surface area contributed by atoms with E-state index in [1.54, 1.807) is 6.08 Å². The Morgan fingerprint density at radius 3 is 2.18 bits per heavy atom. The van der Waals surface area contributed by atoms with Gasteiger partial charge in [-0.05, 0) is 5.47 Å². The minimum absolute atomic E-state index is 0.208. The van der Waals surface area contributed by atoms with Gasteiger partial charge in [-0.25, -0.2) is 0 Å². The first-order valence-electron chi connectivity index (χ1n) is 3.23. The van der Waals surface area contributed by atoms with E-state index in [0.29, 0.717) is 0 Å². The molecule has 0 aliphatic heterocycles. The van der Waals surface area contributed by atoms with Crippen LogP contribution in [0.5, 0.6) is 0 Å². The maximum absolute atomic E-state index is 8.71. The molecular weight excluding hydrogens is 146 g/mol. The van der Waals surface area contributed by atoms with Crippen LogP contribution in [0.1, 0.15) is 0 Å². The van der Waals surface area contributed by atoms with Crippen LogP contribution in [0.4, 0.5) is 0 Å². The summed E-state index contributed by atoms with van der Waals surface area (Å²) in [6.07, 6.45) is 4.51. The third-order valence-electron chi connectivity index (χ3n) is 1.61. The summed E-state index contributed by atoms with van der Waals surface area (Å²) in [5.74, 6) is -0.685. The zero-order chi connectivity index (χ0) is 8.43. The van der Waals surface area contributed by atoms with E-state index >= 15 is 0 Å². The Kier molecular flexibility index (Phi) is 2.51. The lowest BCUT2D eigenvalue weighted by atomic mass is 9.59. The van der Waals surface area contributed by atoms with E-state index in [1.165, 1.54) is 12.2 Å². The summed E-state index contributed by atoms with van der Waals surface area (Å²) in [6.45, 7) is 0. The summed E-state index contributed by atoms with van der Waals surface area (Å²) in [5.41, 5.74) is 0.208. The van der Waals surface area contributed by atoms with E-state index in [0.717, 1.165) is 0 Å². The van der Waals surface area contributed by atoms with Gasteiger partial charge in [0.25, 0.3) is 0 Å². The minimum atomic E-state index is -1.61. The molecule has 1 aliphatic rings. The van der Waals surface area contributed by atoms with E-state index in [2.05, 4.69) is 0 Å². The van der Waals surface area contributed by atoms with Crippen molar-refractivity contribution in [3.8, 4) is 0 Å². The summed E-state index contributed by atoms with van der Waals surface area (Å²) >= 11 is 0. The van der Waals surface area contributed by atoms with Crippen LogP contribution in [0.2, 0.25) is 5.82 Å². The zero-order valence-corrected chi connectivity index (χ0v) is 5.75. The predicted molar refractivity (Wildman–Crippen MR) is 41.4 cm³/mol. The highest BCUT2D eigenvalue weighted by Gasteiger charge is 2.32. The van der Waals surface area contributed by atoms with Crippen molar-refractivity contribution in [3.05, 3.63) is 23.7 Å². The second-order valence-electron chi connectivity index (χ2n) is 2.36. The van der Waals surface area contributed by atoms with E-state index in [9.17, 15) is 0 Å². The van der Waals surface area contributed by atoms with Crippen LogP contribution in [-0.4, -0.2) is 34.3 Å². The summed E-state index contributed by atoms with van der Waals surface area (Å²) in [4.78, 5) is 0. The molecule has 0 radical (unpaired) electrons. The molecule has 1 rings (SSSR count). The van der Waals surface area contributed by atoms with E-state index < -0.39 is 20.1 Å². The van der Waals surface area contributed by atoms with Crippen molar-refractivity contribution in [1.29, 1.82) is 0 Å². The standard InChI is InChI=1S/C5H8B2O4/c8-6(9)4-2-1-3-5(4)7(10)11/h1-4,8-11H. The van der Waals surface area contributed by atoms with Crippen molar-refractivity contribution in [2.45, 2.75) is 5.82 Å². The van der Waals surface area contributed by atoms with Gasteiger partial charge in [0.2, 0.25) is 0 Å². The predicted octanol–water partition coefficient (Wildman–Crippen LogP) is -1.66. The van der Waals surface area contributed by atoms with Crippen LogP contribution in [-0.2, 0) is 0 Å². The summed E-state index contributed by atoms with van der Waals surface area (Å²) in [7, 11) is -3.18. The topological polar surface area (TPSA) is 80.9 Å². The monoisotopic (exact) mass is 154 g/mol. The molecule has 0 aromatic carbocycles. The highest BCUT2D eigenvalue weighted by atomic mass is 16.4. The Morgan fingerprint density at radius 1 is 1.18 bits per heavy atom. The average Bonchev–Trinajstić information content (AvgIpc) is 2.32. The smallest absolute Gasteiger partial charge is 0.426 e. The molecule has 0 bridgehead atoms. The number of hydrogen-bond acceptors (Lipinski definition) is 4. The molecule has 1 unspecified atom stereocenters. The Hall–Kier alpha value is -0.550. The van der Waals surface area contributed by atoms with Gasteiger partial charge in [-0.15, -0.1) is 0 Å². The van der Waals surface area contributed by atoms with Gasteiger partial charge < -0.3 is 20.1 Å². The molecule has 1 aliphatic carbocycles. The van der Waals surface area contributed by atoms with E-state index in [4.69, 9.17) is 20.1 Å². The maximum Gasteiger partial charge on any atom is 0.484 e. The van der Waals surface area contributed by atoms with Crippen molar-refractivity contribution in [1.82, 2.24) is 0 Å². The van der Waals surface area contributed by atoms with Gasteiger partial charge in [0.05, 0.1) is 0 Å². The molecule has 4 N–H and O–H groups in total. The van der Waals surface area contributed by atoms with Gasteiger partial charge in [0.15, 0.2) is 0 Å². The third kappa shape index (κ3) is 1.72.